The second-order valence-corrected chi connectivity index (χ2v) is 7.13. The summed E-state index contributed by atoms with van der Waals surface area (Å²) in [4.78, 5) is 43.5. The summed E-state index contributed by atoms with van der Waals surface area (Å²) in [7, 11) is 0. The number of nitrogens with zero attached hydrogens (tertiary/aromatic N) is 2. The first-order chi connectivity index (χ1) is 12.3. The van der Waals surface area contributed by atoms with E-state index in [0.717, 1.165) is 12.8 Å². The summed E-state index contributed by atoms with van der Waals surface area (Å²) in [6.45, 7) is 2.87. The molecular weight excluding hydrogens is 350 g/mol. The van der Waals surface area contributed by atoms with Gasteiger partial charge in [0.1, 0.15) is 6.04 Å². The van der Waals surface area contributed by atoms with Gasteiger partial charge in [-0.2, -0.15) is 5.06 Å². The number of halogens is 2. The van der Waals surface area contributed by atoms with Crippen molar-refractivity contribution in [2.75, 3.05) is 13.2 Å². The number of alkyl halides is 2. The van der Waals surface area contributed by atoms with Crippen LogP contribution in [0.3, 0.4) is 0 Å². The zero-order valence-corrected chi connectivity index (χ0v) is 14.7. The Morgan fingerprint density at radius 2 is 1.92 bits per heavy atom. The smallest absolute Gasteiger partial charge is 0.309 e. The van der Waals surface area contributed by atoms with Gasteiger partial charge in [0, 0.05) is 19.4 Å². The second-order valence-electron chi connectivity index (χ2n) is 7.13. The van der Waals surface area contributed by atoms with Crippen molar-refractivity contribution in [3.8, 4) is 0 Å². The van der Waals surface area contributed by atoms with E-state index in [4.69, 9.17) is 4.84 Å². The van der Waals surface area contributed by atoms with Gasteiger partial charge in [0.25, 0.3) is 5.91 Å². The maximum atomic E-state index is 12.8. The molecule has 4 amide bonds. The third-order valence-electron chi connectivity index (χ3n) is 5.12. The van der Waals surface area contributed by atoms with Crippen molar-refractivity contribution in [2.24, 2.45) is 5.92 Å². The molecule has 3 fully saturated rings. The molecule has 1 aliphatic carbocycles. The number of unbranched alkanes of at least 4 members (excludes halogenated alkanes) is 1. The van der Waals surface area contributed by atoms with E-state index in [9.17, 15) is 23.2 Å². The van der Waals surface area contributed by atoms with Gasteiger partial charge < -0.3 is 4.90 Å². The SMILES string of the molecule is CCCCON1C(=O)N2CC1CC[C@H]2C(=O)NNC(=O)C1CC(F)(F)C1. The highest BCUT2D eigenvalue weighted by Crippen LogP contribution is 2.42. The van der Waals surface area contributed by atoms with Gasteiger partial charge >= 0.3 is 6.03 Å². The first-order valence-electron chi connectivity index (χ1n) is 9.02. The van der Waals surface area contributed by atoms with Gasteiger partial charge in [-0.3, -0.25) is 25.3 Å². The van der Waals surface area contributed by atoms with E-state index in [1.807, 2.05) is 6.92 Å². The van der Waals surface area contributed by atoms with Crippen molar-refractivity contribution in [3.63, 3.8) is 0 Å². The van der Waals surface area contributed by atoms with Crippen molar-refractivity contribution in [1.82, 2.24) is 20.8 Å². The highest BCUT2D eigenvalue weighted by Gasteiger charge is 2.50. The van der Waals surface area contributed by atoms with Crippen LogP contribution in [0.1, 0.15) is 45.4 Å². The lowest BCUT2D eigenvalue weighted by atomic mass is 9.81. The number of piperidine rings is 1. The third-order valence-corrected chi connectivity index (χ3v) is 5.12. The molecule has 2 atom stereocenters. The number of hydroxylamine groups is 2. The molecule has 10 heteroatoms. The highest BCUT2D eigenvalue weighted by molar-refractivity contribution is 5.90. The van der Waals surface area contributed by atoms with Crippen LogP contribution in [-0.2, 0) is 14.4 Å². The molecule has 0 spiro atoms. The minimum atomic E-state index is -2.80. The van der Waals surface area contributed by atoms with Crippen molar-refractivity contribution in [2.45, 2.75) is 63.5 Å². The predicted octanol–water partition coefficient (Wildman–Crippen LogP) is 1.18. The summed E-state index contributed by atoms with van der Waals surface area (Å²) in [5, 5.41) is 1.35. The fourth-order valence-corrected chi connectivity index (χ4v) is 3.53. The number of rotatable bonds is 6. The Hall–Kier alpha value is -1.97. The Labute approximate surface area is 150 Å². The van der Waals surface area contributed by atoms with Crippen molar-refractivity contribution >= 4 is 17.8 Å². The molecular formula is C16H24F2N4O4. The molecule has 8 nitrogen and oxygen atoms in total. The van der Waals surface area contributed by atoms with Gasteiger partial charge in [-0.25, -0.2) is 13.6 Å². The van der Waals surface area contributed by atoms with Gasteiger partial charge in [0.05, 0.1) is 18.6 Å². The second kappa shape index (κ2) is 7.34. The van der Waals surface area contributed by atoms with E-state index < -0.39 is 42.5 Å². The molecule has 2 bridgehead atoms. The molecule has 2 heterocycles. The number of fused-ring (bicyclic) bond motifs is 2. The summed E-state index contributed by atoms with van der Waals surface area (Å²) >= 11 is 0. The zero-order valence-electron chi connectivity index (χ0n) is 14.7. The van der Waals surface area contributed by atoms with E-state index >= 15 is 0 Å². The van der Waals surface area contributed by atoms with E-state index in [-0.39, 0.29) is 12.1 Å². The zero-order chi connectivity index (χ0) is 18.9. The molecule has 2 aliphatic heterocycles. The minimum Gasteiger partial charge on any atom is -0.309 e. The molecule has 1 saturated carbocycles. The van der Waals surface area contributed by atoms with Crippen LogP contribution < -0.4 is 10.9 Å². The number of urea groups is 1. The fraction of sp³-hybridized carbons (Fsp3) is 0.812. The maximum absolute atomic E-state index is 12.8. The molecule has 0 aromatic carbocycles. The van der Waals surface area contributed by atoms with Gasteiger partial charge in [-0.1, -0.05) is 13.3 Å². The first kappa shape index (κ1) is 18.8. The number of carbonyl (C=O) groups excluding carboxylic acids is 3. The van der Waals surface area contributed by atoms with Crippen LogP contribution >= 0.6 is 0 Å². The van der Waals surface area contributed by atoms with Gasteiger partial charge in [0.15, 0.2) is 0 Å². The number of hydrazine groups is 1. The van der Waals surface area contributed by atoms with Crippen molar-refractivity contribution in [3.05, 3.63) is 0 Å². The summed E-state index contributed by atoms with van der Waals surface area (Å²) < 4.78 is 25.6. The van der Waals surface area contributed by atoms with E-state index in [2.05, 4.69) is 10.9 Å². The van der Waals surface area contributed by atoms with Crippen LogP contribution in [0.25, 0.3) is 0 Å². The molecule has 2 saturated heterocycles. The summed E-state index contributed by atoms with van der Waals surface area (Å²) in [5.74, 6) is -4.74. The Bertz CT molecular complexity index is 581. The molecule has 0 radical (unpaired) electrons. The number of nitrogens with one attached hydrogen (secondary N) is 2. The van der Waals surface area contributed by atoms with Crippen LogP contribution in [-0.4, -0.2) is 59.0 Å². The Balaban J connectivity index is 1.48. The lowest BCUT2D eigenvalue weighted by Gasteiger charge is -2.34. The van der Waals surface area contributed by atoms with E-state index in [1.54, 1.807) is 0 Å². The fourth-order valence-electron chi connectivity index (χ4n) is 3.53. The molecule has 26 heavy (non-hydrogen) atoms. The highest BCUT2D eigenvalue weighted by atomic mass is 19.3. The van der Waals surface area contributed by atoms with Gasteiger partial charge in [0.2, 0.25) is 11.8 Å². The first-order valence-corrected chi connectivity index (χ1v) is 9.02. The number of amides is 4. The number of hydrogen-bond donors (Lipinski definition) is 2. The Morgan fingerprint density at radius 3 is 2.58 bits per heavy atom. The topological polar surface area (TPSA) is 91.0 Å². The molecule has 0 aromatic rings. The Kier molecular flexibility index (Phi) is 5.31. The quantitative estimate of drug-likeness (QED) is 0.540. The van der Waals surface area contributed by atoms with Crippen LogP contribution in [0.5, 0.6) is 0 Å². The lowest BCUT2D eigenvalue weighted by molar-refractivity contribution is -0.152. The number of hydrogen-bond acceptors (Lipinski definition) is 4. The van der Waals surface area contributed by atoms with Crippen LogP contribution in [0.15, 0.2) is 0 Å². The predicted molar refractivity (Wildman–Crippen MR) is 85.6 cm³/mol. The van der Waals surface area contributed by atoms with Crippen LogP contribution in [0.2, 0.25) is 0 Å². The molecule has 146 valence electrons. The van der Waals surface area contributed by atoms with Gasteiger partial charge in [-0.05, 0) is 19.3 Å². The molecule has 1 unspecified atom stereocenters. The largest absolute Gasteiger partial charge is 0.345 e. The third kappa shape index (κ3) is 3.74. The summed E-state index contributed by atoms with van der Waals surface area (Å²) in [6.07, 6.45) is 1.85. The van der Waals surface area contributed by atoms with E-state index in [0.29, 0.717) is 26.0 Å². The van der Waals surface area contributed by atoms with Crippen LogP contribution in [0, 0.1) is 5.92 Å². The van der Waals surface area contributed by atoms with Crippen molar-refractivity contribution < 1.29 is 28.0 Å². The number of carbonyl (C=O) groups is 3. The van der Waals surface area contributed by atoms with Crippen molar-refractivity contribution in [1.29, 1.82) is 0 Å². The normalized spacial score (nSPS) is 27.3. The summed E-state index contributed by atoms with van der Waals surface area (Å²) in [5.41, 5.74) is 4.45. The molecule has 0 aromatic heterocycles. The minimum absolute atomic E-state index is 0.0739. The average molecular weight is 374 g/mol. The summed E-state index contributed by atoms with van der Waals surface area (Å²) in [6, 6.07) is -1.13. The maximum Gasteiger partial charge on any atom is 0.345 e. The lowest BCUT2D eigenvalue weighted by Crippen LogP contribution is -2.56. The molecule has 2 N–H and O–H groups in total. The monoisotopic (exact) mass is 374 g/mol. The Morgan fingerprint density at radius 1 is 1.23 bits per heavy atom. The van der Waals surface area contributed by atoms with Crippen LogP contribution in [0.4, 0.5) is 13.6 Å². The van der Waals surface area contributed by atoms with Gasteiger partial charge in [-0.15, -0.1) is 0 Å². The molecule has 3 rings (SSSR count). The standard InChI is InChI=1S/C16H24F2N4O4/c1-2-3-6-26-22-11-4-5-12(21(9-11)15(22)25)14(24)20-19-13(23)10-7-16(17,18)8-10/h10-12H,2-9H2,1H3,(H,19,23)(H,20,24)/t11?,12-/m0/s1. The molecule has 3 aliphatic rings. The van der Waals surface area contributed by atoms with E-state index in [1.165, 1.54) is 9.96 Å². The average Bonchev–Trinajstić information content (AvgIpc) is 2.82.